The lowest BCUT2D eigenvalue weighted by atomic mass is 10.1. The summed E-state index contributed by atoms with van der Waals surface area (Å²) in [5.74, 6) is 1.79. The summed E-state index contributed by atoms with van der Waals surface area (Å²) in [6.07, 6.45) is 3.85. The van der Waals surface area contributed by atoms with Gasteiger partial charge in [0.05, 0.1) is 44.4 Å². The number of aliphatic carboxylic acids is 1. The number of nitrogens with one attached hydrogen (secondary N) is 1. The Morgan fingerprint density at radius 3 is 2.94 bits per heavy atom. The van der Waals surface area contributed by atoms with Gasteiger partial charge in [0.25, 0.3) is 0 Å². The zero-order valence-corrected chi connectivity index (χ0v) is 19.2. The second-order valence-electron chi connectivity index (χ2n) is 8.08. The fourth-order valence-electron chi connectivity index (χ4n) is 4.06. The third kappa shape index (κ3) is 4.96. The van der Waals surface area contributed by atoms with Crippen LogP contribution in [0.25, 0.3) is 10.9 Å². The molecule has 2 N–H and O–H groups in total. The molecular formula is C25H25N5O5. The highest BCUT2D eigenvalue weighted by atomic mass is 16.5. The molecule has 0 fully saturated rings. The molecule has 4 aromatic rings. The largest absolute Gasteiger partial charge is 0.493 e. The molecule has 5 rings (SSSR count). The number of benzene rings is 1. The molecule has 0 unspecified atom stereocenters. The molecule has 35 heavy (non-hydrogen) atoms. The van der Waals surface area contributed by atoms with Crippen molar-refractivity contribution >= 4 is 22.7 Å². The van der Waals surface area contributed by atoms with Crippen molar-refractivity contribution in [1.82, 2.24) is 19.7 Å². The number of carboxylic acid groups (broad SMARTS) is 1. The van der Waals surface area contributed by atoms with Crippen molar-refractivity contribution < 1.29 is 24.1 Å². The van der Waals surface area contributed by atoms with Crippen LogP contribution in [0.1, 0.15) is 23.7 Å². The lowest BCUT2D eigenvalue weighted by Gasteiger charge is -2.18. The zero-order valence-electron chi connectivity index (χ0n) is 19.2. The minimum atomic E-state index is -0.924. The minimum Gasteiger partial charge on any atom is -0.493 e. The summed E-state index contributed by atoms with van der Waals surface area (Å²) >= 11 is 0. The van der Waals surface area contributed by atoms with Crippen molar-refractivity contribution in [2.24, 2.45) is 0 Å². The highest BCUT2D eigenvalue weighted by Gasteiger charge is 2.21. The Hall–Kier alpha value is -4.34. The number of nitrogens with zero attached hydrogens (tertiary/aromatic N) is 4. The molecule has 0 amide bonds. The molecular weight excluding hydrogens is 450 g/mol. The van der Waals surface area contributed by atoms with E-state index in [0.717, 1.165) is 40.3 Å². The molecule has 0 saturated carbocycles. The van der Waals surface area contributed by atoms with Crippen LogP contribution in [0, 0.1) is 0 Å². The van der Waals surface area contributed by atoms with Crippen molar-refractivity contribution in [1.29, 1.82) is 0 Å². The Balaban J connectivity index is 1.30. The van der Waals surface area contributed by atoms with Gasteiger partial charge in [0, 0.05) is 29.8 Å². The summed E-state index contributed by atoms with van der Waals surface area (Å²) in [4.78, 5) is 20.4. The van der Waals surface area contributed by atoms with E-state index in [1.807, 2.05) is 30.3 Å². The average molecular weight is 476 g/mol. The second kappa shape index (κ2) is 9.88. The normalized spacial score (nSPS) is 13.4. The van der Waals surface area contributed by atoms with Gasteiger partial charge in [0.2, 0.25) is 5.88 Å². The molecule has 1 aliphatic rings. The van der Waals surface area contributed by atoms with E-state index < -0.39 is 12.0 Å². The van der Waals surface area contributed by atoms with E-state index in [-0.39, 0.29) is 6.42 Å². The average Bonchev–Trinajstić information content (AvgIpc) is 3.30. The number of hydrogen-bond donors (Lipinski definition) is 2. The highest BCUT2D eigenvalue weighted by molar-refractivity contribution is 5.81. The quantitative estimate of drug-likeness (QED) is 0.375. The first-order valence-electron chi connectivity index (χ1n) is 11.3. The van der Waals surface area contributed by atoms with Crippen LogP contribution in [0.2, 0.25) is 0 Å². The van der Waals surface area contributed by atoms with E-state index in [0.29, 0.717) is 31.3 Å². The number of ether oxygens (including phenoxy) is 3. The number of anilines is 1. The Morgan fingerprint density at radius 1 is 1.23 bits per heavy atom. The Bertz CT molecular complexity index is 1340. The number of aromatic nitrogens is 4. The predicted octanol–water partition coefficient (Wildman–Crippen LogP) is 3.32. The zero-order chi connectivity index (χ0) is 24.2. The molecule has 180 valence electrons. The molecule has 0 saturated heterocycles. The van der Waals surface area contributed by atoms with E-state index in [1.54, 1.807) is 29.2 Å². The number of hydrogen-bond acceptors (Lipinski definition) is 8. The minimum absolute atomic E-state index is 0.128. The van der Waals surface area contributed by atoms with E-state index in [1.165, 1.54) is 7.11 Å². The number of carboxylic acids is 1. The first-order valence-corrected chi connectivity index (χ1v) is 11.3. The van der Waals surface area contributed by atoms with Gasteiger partial charge in [0.15, 0.2) is 11.6 Å². The van der Waals surface area contributed by atoms with Crippen molar-refractivity contribution in [3.05, 3.63) is 66.1 Å². The van der Waals surface area contributed by atoms with Crippen molar-refractivity contribution in [3.63, 3.8) is 0 Å². The van der Waals surface area contributed by atoms with Gasteiger partial charge >= 0.3 is 5.97 Å². The Labute approximate surface area is 201 Å². The number of pyridine rings is 2. The third-order valence-corrected chi connectivity index (χ3v) is 5.78. The summed E-state index contributed by atoms with van der Waals surface area (Å²) in [6.45, 7) is 1.85. The summed E-state index contributed by atoms with van der Waals surface area (Å²) in [5, 5.41) is 18.1. The van der Waals surface area contributed by atoms with Crippen LogP contribution in [-0.4, -0.2) is 57.7 Å². The molecule has 10 heteroatoms. The first-order chi connectivity index (χ1) is 17.1. The van der Waals surface area contributed by atoms with Gasteiger partial charge in [-0.25, -0.2) is 9.97 Å². The lowest BCUT2D eigenvalue weighted by Crippen LogP contribution is -2.19. The van der Waals surface area contributed by atoms with Gasteiger partial charge in [-0.1, -0.05) is 0 Å². The maximum Gasteiger partial charge on any atom is 0.305 e. The van der Waals surface area contributed by atoms with Crippen LogP contribution in [-0.2, 0) is 11.2 Å². The van der Waals surface area contributed by atoms with Crippen LogP contribution < -0.4 is 19.5 Å². The van der Waals surface area contributed by atoms with Crippen LogP contribution in [0.5, 0.6) is 17.4 Å². The van der Waals surface area contributed by atoms with Crippen molar-refractivity contribution in [3.8, 4) is 17.4 Å². The second-order valence-corrected chi connectivity index (χ2v) is 8.08. The number of methoxy groups -OCH3 is 1. The van der Waals surface area contributed by atoms with Gasteiger partial charge in [-0.2, -0.15) is 5.10 Å². The van der Waals surface area contributed by atoms with Crippen molar-refractivity contribution in [2.45, 2.75) is 18.9 Å². The molecule has 0 radical (unpaired) electrons. The summed E-state index contributed by atoms with van der Waals surface area (Å²) in [6, 6.07) is 12.5. The van der Waals surface area contributed by atoms with Gasteiger partial charge in [0.1, 0.15) is 12.4 Å². The summed E-state index contributed by atoms with van der Waals surface area (Å²) < 4.78 is 18.3. The number of fused-ring (bicyclic) bond motifs is 2. The molecule has 1 aromatic carbocycles. The molecule has 10 nitrogen and oxygen atoms in total. The smallest absolute Gasteiger partial charge is 0.305 e. The predicted molar refractivity (Wildman–Crippen MR) is 128 cm³/mol. The maximum atomic E-state index is 11.6. The lowest BCUT2D eigenvalue weighted by molar-refractivity contribution is -0.137. The van der Waals surface area contributed by atoms with Gasteiger partial charge in [-0.3, -0.25) is 9.48 Å². The van der Waals surface area contributed by atoms with Crippen LogP contribution >= 0.6 is 0 Å². The Morgan fingerprint density at radius 2 is 2.14 bits per heavy atom. The number of rotatable bonds is 9. The van der Waals surface area contributed by atoms with E-state index >= 15 is 0 Å². The molecule has 1 atom stereocenters. The molecule has 3 aromatic heterocycles. The van der Waals surface area contributed by atoms with Crippen LogP contribution in [0.4, 0.5) is 5.82 Å². The van der Waals surface area contributed by atoms with Gasteiger partial charge < -0.3 is 24.6 Å². The Kier molecular flexibility index (Phi) is 6.34. The first kappa shape index (κ1) is 22.5. The summed E-state index contributed by atoms with van der Waals surface area (Å²) in [7, 11) is 1.53. The molecule has 0 bridgehead atoms. The monoisotopic (exact) mass is 475 g/mol. The van der Waals surface area contributed by atoms with Crippen molar-refractivity contribution in [2.75, 3.05) is 32.2 Å². The van der Waals surface area contributed by atoms with Crippen LogP contribution in [0.15, 0.2) is 54.9 Å². The number of carbonyl (C=O) groups is 1. The molecule has 0 aliphatic carbocycles. The third-order valence-electron chi connectivity index (χ3n) is 5.78. The fourth-order valence-corrected chi connectivity index (χ4v) is 4.06. The van der Waals surface area contributed by atoms with Gasteiger partial charge in [-0.15, -0.1) is 0 Å². The topological polar surface area (TPSA) is 121 Å². The van der Waals surface area contributed by atoms with Gasteiger partial charge in [-0.05, 0) is 42.0 Å². The summed E-state index contributed by atoms with van der Waals surface area (Å²) in [5.41, 5.74) is 2.46. The fraction of sp³-hybridized carbons (Fsp3) is 0.280. The molecule has 4 heterocycles. The van der Waals surface area contributed by atoms with E-state index in [2.05, 4.69) is 20.4 Å². The van der Waals surface area contributed by atoms with E-state index in [9.17, 15) is 9.90 Å². The van der Waals surface area contributed by atoms with E-state index in [4.69, 9.17) is 14.2 Å². The standard InChI is InChI=1S/C25H25N5O5/c1-33-23-7-2-16(14-27-23)21(13-24(31)32)30-20-5-4-19(12-17(20)15-28-30)34-10-8-18-3-6-22-25(29-18)26-9-11-35-22/h2-7,12,14-15,21H,8-11,13H2,1H3,(H,26,29)(H,31,32)/t21-/m1/s1. The SMILES string of the molecule is COc1ccc([C@@H](CC(=O)O)n2ncc3cc(OCCc4ccc5c(n4)NCCO5)ccc32)cn1. The maximum absolute atomic E-state index is 11.6. The van der Waals surface area contributed by atoms with Crippen LogP contribution in [0.3, 0.4) is 0 Å². The molecule has 1 aliphatic heterocycles. The highest BCUT2D eigenvalue weighted by Crippen LogP contribution is 2.29. The molecule has 0 spiro atoms.